The second-order valence-corrected chi connectivity index (χ2v) is 6.23. The van der Waals surface area contributed by atoms with E-state index in [0.29, 0.717) is 24.4 Å². The van der Waals surface area contributed by atoms with E-state index in [4.69, 9.17) is 4.42 Å². The van der Waals surface area contributed by atoms with Crippen LogP contribution in [0.3, 0.4) is 0 Å². The van der Waals surface area contributed by atoms with Crippen molar-refractivity contribution in [3.63, 3.8) is 0 Å². The predicted molar refractivity (Wildman–Crippen MR) is 97.1 cm³/mol. The summed E-state index contributed by atoms with van der Waals surface area (Å²) in [5.74, 6) is 0.433. The van der Waals surface area contributed by atoms with E-state index in [1.54, 1.807) is 17.9 Å². The average molecular weight is 342 g/mol. The monoisotopic (exact) mass is 342 g/mol. The zero-order valence-electron chi connectivity index (χ0n) is 15.1. The van der Waals surface area contributed by atoms with Gasteiger partial charge in [-0.05, 0) is 31.9 Å². The fraction of sp³-hybridized carbons (Fsp3) is 0.400. The molecule has 0 radical (unpaired) electrons. The van der Waals surface area contributed by atoms with Gasteiger partial charge in [0.1, 0.15) is 5.76 Å². The van der Waals surface area contributed by atoms with Crippen molar-refractivity contribution < 1.29 is 14.0 Å². The van der Waals surface area contributed by atoms with E-state index < -0.39 is 0 Å². The van der Waals surface area contributed by atoms with Crippen molar-refractivity contribution >= 4 is 11.8 Å². The molecule has 0 bridgehead atoms. The minimum atomic E-state index is -0.119. The first-order chi connectivity index (χ1) is 12.0. The molecule has 2 amide bonds. The number of aryl methyl sites for hydroxylation is 1. The summed E-state index contributed by atoms with van der Waals surface area (Å²) < 4.78 is 5.25. The summed E-state index contributed by atoms with van der Waals surface area (Å²) in [4.78, 5) is 26.6. The van der Waals surface area contributed by atoms with Crippen molar-refractivity contribution in [3.05, 3.63) is 59.5 Å². The molecule has 5 nitrogen and oxygen atoms in total. The van der Waals surface area contributed by atoms with Crippen LogP contribution in [0.25, 0.3) is 0 Å². The van der Waals surface area contributed by atoms with Gasteiger partial charge in [0.15, 0.2) is 0 Å². The number of rotatable bonds is 8. The van der Waals surface area contributed by atoms with Gasteiger partial charge in [-0.25, -0.2) is 0 Å². The Morgan fingerprint density at radius 3 is 2.52 bits per heavy atom. The van der Waals surface area contributed by atoms with Crippen molar-refractivity contribution in [2.45, 2.75) is 46.2 Å². The second-order valence-electron chi connectivity index (χ2n) is 6.23. The molecule has 1 atom stereocenters. The van der Waals surface area contributed by atoms with E-state index in [0.717, 1.165) is 12.0 Å². The summed E-state index contributed by atoms with van der Waals surface area (Å²) >= 11 is 0. The van der Waals surface area contributed by atoms with E-state index in [1.165, 1.54) is 6.26 Å². The first-order valence-corrected chi connectivity index (χ1v) is 8.68. The molecule has 25 heavy (non-hydrogen) atoms. The lowest BCUT2D eigenvalue weighted by atomic mass is 10.1. The molecule has 0 unspecified atom stereocenters. The lowest BCUT2D eigenvalue weighted by Gasteiger charge is -2.23. The Kier molecular flexibility index (Phi) is 6.81. The lowest BCUT2D eigenvalue weighted by molar-refractivity contribution is -0.121. The van der Waals surface area contributed by atoms with Crippen LogP contribution in [-0.4, -0.2) is 29.3 Å². The second kappa shape index (κ2) is 9.06. The first-order valence-electron chi connectivity index (χ1n) is 8.68. The molecule has 0 fully saturated rings. The molecule has 134 valence electrons. The van der Waals surface area contributed by atoms with Gasteiger partial charge < -0.3 is 14.6 Å². The van der Waals surface area contributed by atoms with Crippen molar-refractivity contribution in [2.75, 3.05) is 6.54 Å². The Labute approximate surface area is 149 Å². The highest BCUT2D eigenvalue weighted by molar-refractivity contribution is 5.95. The van der Waals surface area contributed by atoms with E-state index in [2.05, 4.69) is 5.32 Å². The molecule has 1 N–H and O–H groups in total. The van der Waals surface area contributed by atoms with Gasteiger partial charge in [0.2, 0.25) is 5.91 Å². The molecule has 1 heterocycles. The third kappa shape index (κ3) is 5.48. The van der Waals surface area contributed by atoms with Gasteiger partial charge >= 0.3 is 0 Å². The Hall–Kier alpha value is -2.56. The van der Waals surface area contributed by atoms with Crippen molar-refractivity contribution in [1.29, 1.82) is 0 Å². The minimum absolute atomic E-state index is 0.0378. The SMILES string of the molecule is CC[C@H](C)NC(=O)CCN(Cc1ccccc1)C(=O)c1ccoc1C. The topological polar surface area (TPSA) is 62.6 Å². The van der Waals surface area contributed by atoms with E-state index in [9.17, 15) is 9.59 Å². The number of nitrogens with zero attached hydrogens (tertiary/aromatic N) is 1. The summed E-state index contributed by atoms with van der Waals surface area (Å²) in [6, 6.07) is 11.6. The summed E-state index contributed by atoms with van der Waals surface area (Å²) in [6.45, 7) is 6.59. The molecule has 0 aliphatic heterocycles. The number of furan rings is 1. The number of nitrogens with one attached hydrogen (secondary N) is 1. The standard InChI is InChI=1S/C20H26N2O3/c1-4-15(2)21-19(23)10-12-22(14-17-8-6-5-7-9-17)20(24)18-11-13-25-16(18)3/h5-9,11,13,15H,4,10,12,14H2,1-3H3,(H,21,23)/t15-/m0/s1. The van der Waals surface area contributed by atoms with Gasteiger partial charge in [0, 0.05) is 25.6 Å². The quantitative estimate of drug-likeness (QED) is 0.798. The van der Waals surface area contributed by atoms with E-state index in [-0.39, 0.29) is 24.3 Å². The van der Waals surface area contributed by atoms with Crippen LogP contribution in [0.5, 0.6) is 0 Å². The summed E-state index contributed by atoms with van der Waals surface area (Å²) in [5, 5.41) is 2.94. The normalized spacial score (nSPS) is 11.8. The molecule has 0 saturated carbocycles. The van der Waals surface area contributed by atoms with Crippen LogP contribution in [-0.2, 0) is 11.3 Å². The molecule has 0 saturated heterocycles. The van der Waals surface area contributed by atoms with Crippen molar-refractivity contribution in [2.24, 2.45) is 0 Å². The zero-order chi connectivity index (χ0) is 18.2. The molecule has 5 heteroatoms. The maximum absolute atomic E-state index is 12.9. The fourth-order valence-electron chi connectivity index (χ4n) is 2.52. The molecular weight excluding hydrogens is 316 g/mol. The van der Waals surface area contributed by atoms with Crippen LogP contribution in [0.2, 0.25) is 0 Å². The van der Waals surface area contributed by atoms with Gasteiger partial charge in [-0.3, -0.25) is 9.59 Å². The number of carbonyl (C=O) groups excluding carboxylic acids is 2. The summed E-state index contributed by atoms with van der Waals surface area (Å²) in [5.41, 5.74) is 1.57. The Bertz CT molecular complexity index is 694. The molecule has 2 aromatic rings. The molecular formula is C20H26N2O3. The molecule has 0 aliphatic rings. The largest absolute Gasteiger partial charge is 0.469 e. The highest BCUT2D eigenvalue weighted by atomic mass is 16.3. The number of carbonyl (C=O) groups is 2. The molecule has 0 spiro atoms. The van der Waals surface area contributed by atoms with Crippen LogP contribution in [0.1, 0.15) is 48.4 Å². The third-order valence-corrected chi connectivity index (χ3v) is 4.22. The first kappa shape index (κ1) is 18.8. The van der Waals surface area contributed by atoms with Crippen LogP contribution in [0, 0.1) is 6.92 Å². The summed E-state index contributed by atoms with van der Waals surface area (Å²) in [7, 11) is 0. The fourth-order valence-corrected chi connectivity index (χ4v) is 2.52. The Balaban J connectivity index is 2.08. The van der Waals surface area contributed by atoms with Crippen molar-refractivity contribution in [3.8, 4) is 0 Å². The smallest absolute Gasteiger partial charge is 0.257 e. The van der Waals surface area contributed by atoms with Crippen LogP contribution < -0.4 is 5.32 Å². The van der Waals surface area contributed by atoms with E-state index >= 15 is 0 Å². The number of hydrogen-bond donors (Lipinski definition) is 1. The Morgan fingerprint density at radius 2 is 1.92 bits per heavy atom. The van der Waals surface area contributed by atoms with Gasteiger partial charge in [-0.2, -0.15) is 0 Å². The highest BCUT2D eigenvalue weighted by Crippen LogP contribution is 2.15. The maximum Gasteiger partial charge on any atom is 0.257 e. The average Bonchev–Trinajstić information content (AvgIpc) is 3.04. The van der Waals surface area contributed by atoms with Crippen molar-refractivity contribution in [1.82, 2.24) is 10.2 Å². The molecule has 0 aliphatic carbocycles. The molecule has 1 aromatic carbocycles. The minimum Gasteiger partial charge on any atom is -0.469 e. The van der Waals surface area contributed by atoms with E-state index in [1.807, 2.05) is 44.2 Å². The predicted octanol–water partition coefficient (Wildman–Crippen LogP) is 3.54. The van der Waals surface area contributed by atoms with Crippen LogP contribution >= 0.6 is 0 Å². The number of benzene rings is 1. The number of hydrogen-bond acceptors (Lipinski definition) is 3. The zero-order valence-corrected chi connectivity index (χ0v) is 15.1. The van der Waals surface area contributed by atoms with Gasteiger partial charge in [0.25, 0.3) is 5.91 Å². The van der Waals surface area contributed by atoms with Crippen LogP contribution in [0.4, 0.5) is 0 Å². The molecule has 1 aromatic heterocycles. The molecule has 2 rings (SSSR count). The maximum atomic E-state index is 12.9. The van der Waals surface area contributed by atoms with Crippen LogP contribution in [0.15, 0.2) is 47.1 Å². The van der Waals surface area contributed by atoms with Gasteiger partial charge in [-0.1, -0.05) is 37.3 Å². The highest BCUT2D eigenvalue weighted by Gasteiger charge is 2.20. The third-order valence-electron chi connectivity index (χ3n) is 4.22. The Morgan fingerprint density at radius 1 is 1.20 bits per heavy atom. The lowest BCUT2D eigenvalue weighted by Crippen LogP contribution is -2.37. The van der Waals surface area contributed by atoms with Gasteiger partial charge in [0.05, 0.1) is 11.8 Å². The van der Waals surface area contributed by atoms with Gasteiger partial charge in [-0.15, -0.1) is 0 Å². The number of amides is 2. The summed E-state index contributed by atoms with van der Waals surface area (Å²) in [6.07, 6.45) is 2.67.